The molecule has 1 aliphatic rings. The molecule has 6 nitrogen and oxygen atoms in total. The van der Waals surface area contributed by atoms with Crippen molar-refractivity contribution in [2.24, 2.45) is 17.1 Å². The van der Waals surface area contributed by atoms with Crippen molar-refractivity contribution in [2.45, 2.75) is 84.5 Å². The Balaban J connectivity index is 3.24. The van der Waals surface area contributed by atoms with E-state index in [0.29, 0.717) is 26.1 Å². The van der Waals surface area contributed by atoms with Crippen LogP contribution in [0.3, 0.4) is 0 Å². The summed E-state index contributed by atoms with van der Waals surface area (Å²) in [6, 6.07) is 0. The third kappa shape index (κ3) is 5.54. The highest BCUT2D eigenvalue weighted by Crippen LogP contribution is 2.47. The standard InChI is InChI=1S/C20H39NO5Si/c1-8-24-17(22)15-11-10-12-20(13-15,18(23)25-9-2)16(14-21)26-27(6,7)19(3,4)5/h15-16H,8-14,21H2,1-7H3. The minimum absolute atomic E-state index is 0.00845. The molecule has 2 N–H and O–H groups in total. The molecule has 3 unspecified atom stereocenters. The lowest BCUT2D eigenvalue weighted by atomic mass is 9.66. The van der Waals surface area contributed by atoms with E-state index in [1.165, 1.54) is 0 Å². The second-order valence-corrected chi connectivity index (χ2v) is 13.8. The number of carbonyl (C=O) groups excluding carboxylic acids is 2. The summed E-state index contributed by atoms with van der Waals surface area (Å²) >= 11 is 0. The SMILES string of the molecule is CCOC(=O)C1CCCC(C(=O)OCC)(C(CN)O[Si](C)(C)C(C)(C)C)C1. The molecule has 0 aliphatic heterocycles. The Bertz CT molecular complexity index is 517. The Morgan fingerprint density at radius 3 is 2.26 bits per heavy atom. The van der Waals surface area contributed by atoms with Crippen LogP contribution in [0.1, 0.15) is 60.3 Å². The Kier molecular flexibility index (Phi) is 8.50. The fourth-order valence-electron chi connectivity index (χ4n) is 3.57. The molecule has 0 aromatic carbocycles. The van der Waals surface area contributed by atoms with Gasteiger partial charge in [0.25, 0.3) is 0 Å². The highest BCUT2D eigenvalue weighted by molar-refractivity contribution is 6.74. The maximum absolute atomic E-state index is 13.1. The Morgan fingerprint density at radius 2 is 1.78 bits per heavy atom. The molecule has 1 fully saturated rings. The number of hydrogen-bond donors (Lipinski definition) is 1. The number of nitrogens with two attached hydrogens (primary N) is 1. The van der Waals surface area contributed by atoms with E-state index in [1.54, 1.807) is 13.8 Å². The smallest absolute Gasteiger partial charge is 0.314 e. The number of rotatable bonds is 8. The summed E-state index contributed by atoms with van der Waals surface area (Å²) < 4.78 is 17.3. The topological polar surface area (TPSA) is 87.9 Å². The van der Waals surface area contributed by atoms with E-state index in [9.17, 15) is 9.59 Å². The number of carbonyl (C=O) groups is 2. The second-order valence-electron chi connectivity index (χ2n) is 9.02. The van der Waals surface area contributed by atoms with Crippen molar-refractivity contribution in [3.05, 3.63) is 0 Å². The zero-order chi connectivity index (χ0) is 20.9. The minimum atomic E-state index is -2.16. The monoisotopic (exact) mass is 401 g/mol. The van der Waals surface area contributed by atoms with E-state index in [2.05, 4.69) is 33.9 Å². The molecule has 0 spiro atoms. The van der Waals surface area contributed by atoms with Crippen molar-refractivity contribution in [3.8, 4) is 0 Å². The molecule has 0 aromatic heterocycles. The normalized spacial score (nSPS) is 25.0. The van der Waals surface area contributed by atoms with E-state index in [1.807, 2.05) is 0 Å². The molecule has 3 atom stereocenters. The van der Waals surface area contributed by atoms with Crippen molar-refractivity contribution in [2.75, 3.05) is 19.8 Å². The molecule has 1 aliphatic carbocycles. The molecule has 27 heavy (non-hydrogen) atoms. The summed E-state index contributed by atoms with van der Waals surface area (Å²) in [5.41, 5.74) is 5.23. The predicted molar refractivity (Wildman–Crippen MR) is 109 cm³/mol. The van der Waals surface area contributed by atoms with Gasteiger partial charge in [-0.3, -0.25) is 9.59 Å². The van der Waals surface area contributed by atoms with Gasteiger partial charge in [0.05, 0.1) is 30.7 Å². The predicted octanol–water partition coefficient (Wildman–Crippen LogP) is 3.64. The number of hydrogen-bond acceptors (Lipinski definition) is 6. The maximum atomic E-state index is 13.1. The lowest BCUT2D eigenvalue weighted by molar-refractivity contribution is -0.170. The Labute approximate surface area is 165 Å². The average Bonchev–Trinajstić information content (AvgIpc) is 2.59. The van der Waals surface area contributed by atoms with Crippen LogP contribution >= 0.6 is 0 Å². The van der Waals surface area contributed by atoms with Gasteiger partial charge in [0.15, 0.2) is 8.32 Å². The quantitative estimate of drug-likeness (QED) is 0.493. The molecule has 7 heteroatoms. The van der Waals surface area contributed by atoms with Gasteiger partial charge in [-0.05, 0) is 51.2 Å². The van der Waals surface area contributed by atoms with Crippen LogP contribution in [-0.4, -0.2) is 46.1 Å². The van der Waals surface area contributed by atoms with Crippen LogP contribution in [0.4, 0.5) is 0 Å². The molecule has 0 radical (unpaired) electrons. The third-order valence-corrected chi connectivity index (χ3v) is 10.6. The molecule has 0 bridgehead atoms. The van der Waals surface area contributed by atoms with Gasteiger partial charge in [-0.15, -0.1) is 0 Å². The van der Waals surface area contributed by atoms with Crippen molar-refractivity contribution in [1.82, 2.24) is 0 Å². The van der Waals surface area contributed by atoms with Crippen LogP contribution in [0.25, 0.3) is 0 Å². The first-order valence-electron chi connectivity index (χ1n) is 10.2. The molecule has 0 amide bonds. The van der Waals surface area contributed by atoms with Gasteiger partial charge >= 0.3 is 11.9 Å². The van der Waals surface area contributed by atoms with E-state index in [4.69, 9.17) is 19.6 Å². The zero-order valence-electron chi connectivity index (χ0n) is 18.2. The minimum Gasteiger partial charge on any atom is -0.466 e. The van der Waals surface area contributed by atoms with Crippen molar-refractivity contribution < 1.29 is 23.5 Å². The van der Waals surface area contributed by atoms with Crippen LogP contribution in [0.15, 0.2) is 0 Å². The van der Waals surface area contributed by atoms with Crippen molar-refractivity contribution in [1.29, 1.82) is 0 Å². The van der Waals surface area contributed by atoms with E-state index < -0.39 is 19.8 Å². The van der Waals surface area contributed by atoms with Crippen LogP contribution in [-0.2, 0) is 23.5 Å². The summed E-state index contributed by atoms with van der Waals surface area (Å²) in [4.78, 5) is 25.5. The lowest BCUT2D eigenvalue weighted by Gasteiger charge is -2.47. The van der Waals surface area contributed by atoms with E-state index in [0.717, 1.165) is 12.8 Å². The average molecular weight is 402 g/mol. The Hall–Kier alpha value is -0.923. The maximum Gasteiger partial charge on any atom is 0.314 e. The third-order valence-electron chi connectivity index (χ3n) is 6.16. The molecule has 158 valence electrons. The van der Waals surface area contributed by atoms with Crippen LogP contribution < -0.4 is 5.73 Å². The van der Waals surface area contributed by atoms with Gasteiger partial charge in [0.1, 0.15) is 0 Å². The summed E-state index contributed by atoms with van der Waals surface area (Å²) in [7, 11) is -2.16. The van der Waals surface area contributed by atoms with E-state index >= 15 is 0 Å². The van der Waals surface area contributed by atoms with Crippen LogP contribution in [0.5, 0.6) is 0 Å². The number of esters is 2. The fraction of sp³-hybridized carbons (Fsp3) is 0.900. The van der Waals surface area contributed by atoms with Crippen molar-refractivity contribution >= 4 is 20.3 Å². The number of ether oxygens (including phenoxy) is 2. The van der Waals surface area contributed by atoms with Gasteiger partial charge in [0, 0.05) is 6.54 Å². The zero-order valence-corrected chi connectivity index (χ0v) is 19.2. The van der Waals surface area contributed by atoms with E-state index in [-0.39, 0.29) is 29.4 Å². The fourth-order valence-corrected chi connectivity index (χ4v) is 4.96. The van der Waals surface area contributed by atoms with Gasteiger partial charge in [-0.25, -0.2) is 0 Å². The summed E-state index contributed by atoms with van der Waals surface area (Å²) in [6.45, 7) is 15.2. The van der Waals surface area contributed by atoms with Crippen LogP contribution in [0.2, 0.25) is 18.1 Å². The lowest BCUT2D eigenvalue weighted by Crippen LogP contribution is -2.57. The summed E-state index contributed by atoms with van der Waals surface area (Å²) in [5, 5.41) is -0.00845. The Morgan fingerprint density at radius 1 is 1.19 bits per heavy atom. The first-order valence-corrected chi connectivity index (χ1v) is 13.1. The van der Waals surface area contributed by atoms with Crippen LogP contribution in [0, 0.1) is 11.3 Å². The van der Waals surface area contributed by atoms with Crippen molar-refractivity contribution in [3.63, 3.8) is 0 Å². The summed E-state index contributed by atoms with van der Waals surface area (Å²) in [6.07, 6.45) is 2.01. The van der Waals surface area contributed by atoms with Gasteiger partial charge in [-0.2, -0.15) is 0 Å². The highest BCUT2D eigenvalue weighted by atomic mass is 28.4. The first kappa shape index (κ1) is 24.1. The molecule has 1 rings (SSSR count). The van der Waals surface area contributed by atoms with Gasteiger partial charge in [0.2, 0.25) is 0 Å². The largest absolute Gasteiger partial charge is 0.466 e. The molecular formula is C20H39NO5Si. The van der Waals surface area contributed by atoms with Gasteiger partial charge in [-0.1, -0.05) is 27.2 Å². The van der Waals surface area contributed by atoms with Gasteiger partial charge < -0.3 is 19.6 Å². The summed E-state index contributed by atoms with van der Waals surface area (Å²) in [5.74, 6) is -0.859. The molecule has 0 saturated heterocycles. The molecular weight excluding hydrogens is 362 g/mol. The highest BCUT2D eigenvalue weighted by Gasteiger charge is 2.54. The molecule has 0 heterocycles. The molecule has 1 saturated carbocycles. The second kappa shape index (κ2) is 9.52. The molecule has 0 aromatic rings. The first-order chi connectivity index (χ1) is 12.4.